The Morgan fingerprint density at radius 2 is 2.11 bits per heavy atom. The van der Waals surface area contributed by atoms with Gasteiger partial charge in [-0.05, 0) is 45.2 Å². The standard InChI is InChI=1S/C16H23NO/c1-3-17-14-11-16(8-4-5-9-16)18-15-7-6-12(2)10-13(14)15/h6-7,10,14,17H,3-5,8-9,11H2,1-2H3. The molecule has 2 aliphatic rings. The van der Waals surface area contributed by atoms with Crippen LogP contribution in [0.5, 0.6) is 5.75 Å². The van der Waals surface area contributed by atoms with Gasteiger partial charge >= 0.3 is 0 Å². The summed E-state index contributed by atoms with van der Waals surface area (Å²) in [6.07, 6.45) is 6.22. The van der Waals surface area contributed by atoms with Crippen LogP contribution in [0, 0.1) is 6.92 Å². The molecule has 2 heteroatoms. The van der Waals surface area contributed by atoms with Crippen molar-refractivity contribution >= 4 is 0 Å². The molecular weight excluding hydrogens is 222 g/mol. The molecule has 0 aromatic heterocycles. The highest BCUT2D eigenvalue weighted by Gasteiger charge is 2.42. The second-order valence-corrected chi connectivity index (χ2v) is 5.85. The quantitative estimate of drug-likeness (QED) is 0.857. The third-order valence-electron chi connectivity index (χ3n) is 4.41. The van der Waals surface area contributed by atoms with Crippen LogP contribution < -0.4 is 10.1 Å². The maximum atomic E-state index is 6.37. The highest BCUT2D eigenvalue weighted by atomic mass is 16.5. The van der Waals surface area contributed by atoms with Crippen LogP contribution in [0.1, 0.15) is 56.2 Å². The van der Waals surface area contributed by atoms with Crippen molar-refractivity contribution in [2.75, 3.05) is 6.54 Å². The Bertz CT molecular complexity index is 435. The lowest BCUT2D eigenvalue weighted by molar-refractivity contribution is 0.0370. The number of rotatable bonds is 2. The van der Waals surface area contributed by atoms with Crippen molar-refractivity contribution in [3.05, 3.63) is 29.3 Å². The average molecular weight is 245 g/mol. The Morgan fingerprint density at radius 1 is 1.33 bits per heavy atom. The molecule has 1 aromatic carbocycles. The lowest BCUT2D eigenvalue weighted by Crippen LogP contribution is -2.42. The van der Waals surface area contributed by atoms with E-state index in [-0.39, 0.29) is 5.60 Å². The summed E-state index contributed by atoms with van der Waals surface area (Å²) in [5, 5.41) is 3.64. The second-order valence-electron chi connectivity index (χ2n) is 5.85. The number of nitrogens with one attached hydrogen (secondary N) is 1. The van der Waals surface area contributed by atoms with Gasteiger partial charge in [-0.15, -0.1) is 0 Å². The number of benzene rings is 1. The first kappa shape index (κ1) is 12.0. The van der Waals surface area contributed by atoms with Crippen molar-refractivity contribution in [2.24, 2.45) is 0 Å². The molecule has 1 aromatic rings. The zero-order chi connectivity index (χ0) is 12.6. The van der Waals surface area contributed by atoms with Gasteiger partial charge in [-0.2, -0.15) is 0 Å². The van der Waals surface area contributed by atoms with Gasteiger partial charge < -0.3 is 10.1 Å². The average Bonchev–Trinajstić information content (AvgIpc) is 2.79. The minimum Gasteiger partial charge on any atom is -0.487 e. The van der Waals surface area contributed by atoms with Crippen LogP contribution in [0.15, 0.2) is 18.2 Å². The van der Waals surface area contributed by atoms with Gasteiger partial charge in [0.1, 0.15) is 11.4 Å². The normalized spacial score (nSPS) is 24.9. The molecule has 1 aliphatic carbocycles. The lowest BCUT2D eigenvalue weighted by atomic mass is 9.85. The Hall–Kier alpha value is -1.02. The van der Waals surface area contributed by atoms with Crippen molar-refractivity contribution in [1.29, 1.82) is 0 Å². The number of ether oxygens (including phenoxy) is 1. The fraction of sp³-hybridized carbons (Fsp3) is 0.625. The van der Waals surface area contributed by atoms with E-state index in [1.54, 1.807) is 0 Å². The fourth-order valence-electron chi connectivity index (χ4n) is 3.54. The van der Waals surface area contributed by atoms with Crippen LogP contribution in [0.25, 0.3) is 0 Å². The highest BCUT2D eigenvalue weighted by Crippen LogP contribution is 2.47. The second kappa shape index (κ2) is 4.58. The Kier molecular flexibility index (Phi) is 3.06. The monoisotopic (exact) mass is 245 g/mol. The van der Waals surface area contributed by atoms with Gasteiger partial charge in [-0.1, -0.05) is 24.6 Å². The molecule has 1 fully saturated rings. The minimum absolute atomic E-state index is 0.120. The number of hydrogen-bond acceptors (Lipinski definition) is 2. The number of aryl methyl sites for hydroxylation is 1. The SMILES string of the molecule is CCNC1CC2(CCCC2)Oc2ccc(C)cc21. The van der Waals surface area contributed by atoms with Gasteiger partial charge in [0.2, 0.25) is 0 Å². The van der Waals surface area contributed by atoms with Crippen LogP contribution in [0.3, 0.4) is 0 Å². The van der Waals surface area contributed by atoms with Gasteiger partial charge in [-0.25, -0.2) is 0 Å². The third kappa shape index (κ3) is 2.03. The van der Waals surface area contributed by atoms with Crippen LogP contribution in [-0.2, 0) is 0 Å². The van der Waals surface area contributed by atoms with Crippen LogP contribution in [-0.4, -0.2) is 12.1 Å². The van der Waals surface area contributed by atoms with Crippen molar-refractivity contribution in [3.63, 3.8) is 0 Å². The number of fused-ring (bicyclic) bond motifs is 1. The van der Waals surface area contributed by atoms with Crippen molar-refractivity contribution in [1.82, 2.24) is 5.32 Å². The molecule has 0 amide bonds. The maximum absolute atomic E-state index is 6.37. The summed E-state index contributed by atoms with van der Waals surface area (Å²) >= 11 is 0. The topological polar surface area (TPSA) is 21.3 Å². The summed E-state index contributed by atoms with van der Waals surface area (Å²) in [6.45, 7) is 5.36. The van der Waals surface area contributed by atoms with Crippen LogP contribution in [0.2, 0.25) is 0 Å². The molecular formula is C16H23NO. The maximum Gasteiger partial charge on any atom is 0.124 e. The van der Waals surface area contributed by atoms with Crippen molar-refractivity contribution < 1.29 is 4.74 Å². The zero-order valence-electron chi connectivity index (χ0n) is 11.5. The first-order chi connectivity index (χ1) is 8.72. The van der Waals surface area contributed by atoms with E-state index >= 15 is 0 Å². The van der Waals surface area contributed by atoms with E-state index < -0.39 is 0 Å². The van der Waals surface area contributed by atoms with E-state index in [4.69, 9.17) is 4.74 Å². The van der Waals surface area contributed by atoms with Gasteiger partial charge in [0.25, 0.3) is 0 Å². The molecule has 3 rings (SSSR count). The number of hydrogen-bond donors (Lipinski definition) is 1. The molecule has 18 heavy (non-hydrogen) atoms. The first-order valence-corrected chi connectivity index (χ1v) is 7.25. The summed E-state index contributed by atoms with van der Waals surface area (Å²) in [4.78, 5) is 0. The molecule has 2 nitrogen and oxygen atoms in total. The summed E-state index contributed by atoms with van der Waals surface area (Å²) < 4.78 is 6.37. The molecule has 1 N–H and O–H groups in total. The molecule has 1 spiro atoms. The fourth-order valence-corrected chi connectivity index (χ4v) is 3.54. The van der Waals surface area contributed by atoms with Crippen LogP contribution >= 0.6 is 0 Å². The van der Waals surface area contributed by atoms with E-state index in [0.29, 0.717) is 6.04 Å². The molecule has 1 aliphatic heterocycles. The largest absolute Gasteiger partial charge is 0.487 e. The van der Waals surface area contributed by atoms with Crippen molar-refractivity contribution in [3.8, 4) is 5.75 Å². The third-order valence-corrected chi connectivity index (χ3v) is 4.41. The van der Waals surface area contributed by atoms with Gasteiger partial charge in [0.05, 0.1) is 0 Å². The highest BCUT2D eigenvalue weighted by molar-refractivity contribution is 5.41. The molecule has 1 atom stereocenters. The summed E-state index contributed by atoms with van der Waals surface area (Å²) in [7, 11) is 0. The predicted molar refractivity (Wildman–Crippen MR) is 74.0 cm³/mol. The first-order valence-electron chi connectivity index (χ1n) is 7.25. The lowest BCUT2D eigenvalue weighted by Gasteiger charge is -2.40. The van der Waals surface area contributed by atoms with Crippen LogP contribution in [0.4, 0.5) is 0 Å². The van der Waals surface area contributed by atoms with Gasteiger partial charge in [0.15, 0.2) is 0 Å². The Morgan fingerprint density at radius 3 is 2.83 bits per heavy atom. The molecule has 0 saturated heterocycles. The molecule has 1 saturated carbocycles. The van der Waals surface area contributed by atoms with E-state index in [0.717, 1.165) is 18.7 Å². The van der Waals surface area contributed by atoms with Gasteiger partial charge in [-0.3, -0.25) is 0 Å². The minimum atomic E-state index is 0.120. The van der Waals surface area contributed by atoms with Gasteiger partial charge in [0, 0.05) is 18.0 Å². The zero-order valence-corrected chi connectivity index (χ0v) is 11.5. The Labute approximate surface area is 110 Å². The smallest absolute Gasteiger partial charge is 0.124 e. The van der Waals surface area contributed by atoms with E-state index in [2.05, 4.69) is 37.4 Å². The molecule has 1 heterocycles. The molecule has 0 bridgehead atoms. The summed E-state index contributed by atoms with van der Waals surface area (Å²) in [6, 6.07) is 7.07. The van der Waals surface area contributed by atoms with E-state index in [1.807, 2.05) is 0 Å². The molecule has 0 radical (unpaired) electrons. The molecule has 1 unspecified atom stereocenters. The summed E-state index contributed by atoms with van der Waals surface area (Å²) in [5.41, 5.74) is 2.80. The van der Waals surface area contributed by atoms with Crippen molar-refractivity contribution in [2.45, 2.75) is 57.6 Å². The van der Waals surface area contributed by atoms with E-state index in [9.17, 15) is 0 Å². The molecule has 98 valence electrons. The van der Waals surface area contributed by atoms with E-state index in [1.165, 1.54) is 36.8 Å². The summed E-state index contributed by atoms with van der Waals surface area (Å²) in [5.74, 6) is 1.11. The Balaban J connectivity index is 1.97. The predicted octanol–water partition coefficient (Wildman–Crippen LogP) is 3.74.